The van der Waals surface area contributed by atoms with Gasteiger partial charge in [0.05, 0.1) is 0 Å². The van der Waals surface area contributed by atoms with Gasteiger partial charge in [-0.25, -0.2) is 0 Å². The molecule has 0 N–H and O–H groups in total. The second kappa shape index (κ2) is 15.8. The van der Waals surface area contributed by atoms with Gasteiger partial charge >= 0.3 is 0 Å². The monoisotopic (exact) mass is 266 g/mol. The summed E-state index contributed by atoms with van der Waals surface area (Å²) < 4.78 is 0. The highest BCUT2D eigenvalue weighted by Crippen LogP contribution is 2.12. The van der Waals surface area contributed by atoms with E-state index in [1.54, 1.807) is 0 Å². The highest BCUT2D eigenvalue weighted by molar-refractivity contribution is 4.83. The quantitative estimate of drug-likeness (QED) is 0.229. The maximum atomic E-state index is 2.36. The molecule has 0 rings (SSSR count). The van der Waals surface area contributed by atoms with Crippen LogP contribution in [0.5, 0.6) is 0 Å². The van der Waals surface area contributed by atoms with Crippen molar-refractivity contribution in [3.63, 3.8) is 0 Å². The summed E-state index contributed by atoms with van der Waals surface area (Å²) in [6, 6.07) is 0. The van der Waals surface area contributed by atoms with Gasteiger partial charge in [0.1, 0.15) is 0 Å². The fourth-order valence-electron chi connectivity index (χ4n) is 2.47. The third-order valence-corrected chi connectivity index (χ3v) is 3.75. The van der Waals surface area contributed by atoms with Crippen LogP contribution in [0.3, 0.4) is 0 Å². The van der Waals surface area contributed by atoms with Crippen molar-refractivity contribution in [1.29, 1.82) is 0 Å². The van der Waals surface area contributed by atoms with Crippen LogP contribution in [0.1, 0.15) is 104 Å². The van der Waals surface area contributed by atoms with Gasteiger partial charge in [0.2, 0.25) is 0 Å². The van der Waals surface area contributed by atoms with Crippen LogP contribution in [0.25, 0.3) is 0 Å². The van der Waals surface area contributed by atoms with Gasteiger partial charge in [-0.1, -0.05) is 104 Å². The molecule has 0 unspecified atom stereocenters. The van der Waals surface area contributed by atoms with E-state index in [0.29, 0.717) is 0 Å². The standard InChI is InChI=1S/C19H38/c1-4-5-6-7-8-9-10-11-12-13-14-15-16-17-18-19(2)3/h17-19H,4-16H2,1-3H3/b18-17+. The van der Waals surface area contributed by atoms with E-state index in [0.717, 1.165) is 5.92 Å². The first-order valence-electron chi connectivity index (χ1n) is 8.94. The SMILES string of the molecule is CCCCCCCCCCCCCC/C=C/C(C)C. The Balaban J connectivity index is 2.99. The summed E-state index contributed by atoms with van der Waals surface area (Å²) in [5.74, 6) is 0.720. The molecule has 114 valence electrons. The Morgan fingerprint density at radius 2 is 1.05 bits per heavy atom. The highest BCUT2D eigenvalue weighted by atomic mass is 14.0. The van der Waals surface area contributed by atoms with Crippen LogP contribution >= 0.6 is 0 Å². The second-order valence-electron chi connectivity index (χ2n) is 6.35. The van der Waals surface area contributed by atoms with Crippen LogP contribution in [-0.2, 0) is 0 Å². The van der Waals surface area contributed by atoms with Gasteiger partial charge in [-0.3, -0.25) is 0 Å². The molecule has 0 aromatic carbocycles. The van der Waals surface area contributed by atoms with Crippen LogP contribution < -0.4 is 0 Å². The van der Waals surface area contributed by atoms with Crippen LogP contribution in [0.2, 0.25) is 0 Å². The lowest BCUT2D eigenvalue weighted by atomic mass is 10.0. The fraction of sp³-hybridized carbons (Fsp3) is 0.895. The van der Waals surface area contributed by atoms with E-state index in [1.807, 2.05) is 0 Å². The summed E-state index contributed by atoms with van der Waals surface area (Å²) in [6.07, 6.45) is 23.3. The number of allylic oxidation sites excluding steroid dienone is 2. The van der Waals surface area contributed by atoms with Crippen molar-refractivity contribution in [3.8, 4) is 0 Å². The van der Waals surface area contributed by atoms with Crippen LogP contribution in [-0.4, -0.2) is 0 Å². The molecule has 0 nitrogen and oxygen atoms in total. The molecule has 19 heavy (non-hydrogen) atoms. The second-order valence-corrected chi connectivity index (χ2v) is 6.35. The van der Waals surface area contributed by atoms with E-state index < -0.39 is 0 Å². The van der Waals surface area contributed by atoms with Gasteiger partial charge in [-0.2, -0.15) is 0 Å². The Morgan fingerprint density at radius 1 is 0.632 bits per heavy atom. The maximum Gasteiger partial charge on any atom is -0.0290 e. The van der Waals surface area contributed by atoms with Gasteiger partial charge in [0.15, 0.2) is 0 Å². The molecule has 0 bridgehead atoms. The molecule has 0 aliphatic rings. The van der Waals surface area contributed by atoms with E-state index in [9.17, 15) is 0 Å². The predicted molar refractivity (Wildman–Crippen MR) is 89.7 cm³/mol. The molecule has 0 saturated carbocycles. The first-order valence-corrected chi connectivity index (χ1v) is 8.94. The topological polar surface area (TPSA) is 0 Å². The minimum absolute atomic E-state index is 0.720. The first kappa shape index (κ1) is 18.7. The molecule has 0 amide bonds. The Labute approximate surface area is 123 Å². The molecule has 0 aromatic rings. The average Bonchev–Trinajstić information content (AvgIpc) is 2.39. The minimum atomic E-state index is 0.720. The minimum Gasteiger partial charge on any atom is -0.0883 e. The average molecular weight is 267 g/mol. The Morgan fingerprint density at radius 3 is 1.47 bits per heavy atom. The summed E-state index contributed by atoms with van der Waals surface area (Å²) in [7, 11) is 0. The molecule has 0 radical (unpaired) electrons. The van der Waals surface area contributed by atoms with E-state index in [4.69, 9.17) is 0 Å². The third-order valence-electron chi connectivity index (χ3n) is 3.75. The fourth-order valence-corrected chi connectivity index (χ4v) is 2.47. The predicted octanol–water partition coefficient (Wildman–Crippen LogP) is 7.29. The van der Waals surface area contributed by atoms with E-state index >= 15 is 0 Å². The van der Waals surface area contributed by atoms with Crippen LogP contribution in [0.15, 0.2) is 12.2 Å². The van der Waals surface area contributed by atoms with Crippen molar-refractivity contribution >= 4 is 0 Å². The lowest BCUT2D eigenvalue weighted by Gasteiger charge is -2.02. The van der Waals surface area contributed by atoms with Crippen molar-refractivity contribution in [2.24, 2.45) is 5.92 Å². The van der Waals surface area contributed by atoms with Gasteiger partial charge in [0.25, 0.3) is 0 Å². The first-order chi connectivity index (χ1) is 9.27. The van der Waals surface area contributed by atoms with Crippen molar-refractivity contribution < 1.29 is 0 Å². The largest absolute Gasteiger partial charge is 0.0883 e. The molecular formula is C19H38. The molecule has 0 heteroatoms. The Kier molecular flexibility index (Phi) is 15.6. The molecular weight excluding hydrogens is 228 g/mol. The lowest BCUT2D eigenvalue weighted by Crippen LogP contribution is -1.82. The van der Waals surface area contributed by atoms with E-state index in [1.165, 1.54) is 83.5 Å². The van der Waals surface area contributed by atoms with Crippen molar-refractivity contribution in [1.82, 2.24) is 0 Å². The molecule has 0 spiro atoms. The summed E-state index contributed by atoms with van der Waals surface area (Å²) in [6.45, 7) is 6.79. The number of hydrogen-bond acceptors (Lipinski definition) is 0. The van der Waals surface area contributed by atoms with Crippen molar-refractivity contribution in [2.75, 3.05) is 0 Å². The van der Waals surface area contributed by atoms with Gasteiger partial charge in [0, 0.05) is 0 Å². The van der Waals surface area contributed by atoms with Gasteiger partial charge in [-0.15, -0.1) is 0 Å². The molecule has 0 aliphatic carbocycles. The zero-order chi connectivity index (χ0) is 14.2. The van der Waals surface area contributed by atoms with Gasteiger partial charge in [-0.05, 0) is 18.8 Å². The zero-order valence-electron chi connectivity index (χ0n) is 13.9. The summed E-state index contributed by atoms with van der Waals surface area (Å²) >= 11 is 0. The van der Waals surface area contributed by atoms with E-state index in [-0.39, 0.29) is 0 Å². The van der Waals surface area contributed by atoms with Gasteiger partial charge < -0.3 is 0 Å². The van der Waals surface area contributed by atoms with Crippen LogP contribution in [0, 0.1) is 5.92 Å². The molecule has 0 aromatic heterocycles. The summed E-state index contributed by atoms with van der Waals surface area (Å²) in [5.41, 5.74) is 0. The Bertz CT molecular complexity index is 178. The Hall–Kier alpha value is -0.260. The number of rotatable bonds is 14. The van der Waals surface area contributed by atoms with Crippen LogP contribution in [0.4, 0.5) is 0 Å². The summed E-state index contributed by atoms with van der Waals surface area (Å²) in [4.78, 5) is 0. The maximum absolute atomic E-state index is 2.36. The molecule has 0 fully saturated rings. The van der Waals surface area contributed by atoms with Crippen molar-refractivity contribution in [3.05, 3.63) is 12.2 Å². The number of unbranched alkanes of at least 4 members (excludes halogenated alkanes) is 12. The summed E-state index contributed by atoms with van der Waals surface area (Å²) in [5, 5.41) is 0. The number of hydrogen-bond donors (Lipinski definition) is 0. The van der Waals surface area contributed by atoms with Crippen molar-refractivity contribution in [2.45, 2.75) is 104 Å². The molecule has 0 aliphatic heterocycles. The smallest absolute Gasteiger partial charge is 0.0290 e. The van der Waals surface area contributed by atoms with E-state index in [2.05, 4.69) is 32.9 Å². The lowest BCUT2D eigenvalue weighted by molar-refractivity contribution is 0.545. The molecule has 0 saturated heterocycles. The molecule has 0 heterocycles. The third kappa shape index (κ3) is 17.7. The highest BCUT2D eigenvalue weighted by Gasteiger charge is 1.93. The molecule has 0 atom stereocenters. The normalized spacial score (nSPS) is 11.8. The zero-order valence-corrected chi connectivity index (χ0v) is 13.9.